The maximum Gasteiger partial charge on any atom is 0.160 e. The number of aliphatic hydroxyl groups is 3. The highest BCUT2D eigenvalue weighted by Gasteiger charge is 2.50. The van der Waals surface area contributed by atoms with Gasteiger partial charge in [-0.05, 0) is 13.8 Å². The van der Waals surface area contributed by atoms with Crippen LogP contribution >= 0.6 is 0 Å². The van der Waals surface area contributed by atoms with E-state index in [9.17, 15) is 24.9 Å². The van der Waals surface area contributed by atoms with Crippen molar-refractivity contribution in [3.8, 4) is 0 Å². The normalized spacial score (nSPS) is 36.2. The molecule has 5 heteroatoms. The molecule has 2 rings (SSSR count). The van der Waals surface area contributed by atoms with Gasteiger partial charge in [0.05, 0.1) is 11.5 Å². The van der Waals surface area contributed by atoms with Crippen LogP contribution in [0.3, 0.4) is 0 Å². The SMILES string of the molecule is CC(=O)[C@H]1[C@H]2CC(=O)C=C(O)C2=C(O)CC1(C)O. The minimum atomic E-state index is -1.40. The van der Waals surface area contributed by atoms with Crippen molar-refractivity contribution in [1.29, 1.82) is 0 Å². The van der Waals surface area contributed by atoms with E-state index in [0.717, 1.165) is 6.08 Å². The van der Waals surface area contributed by atoms with Gasteiger partial charge in [-0.2, -0.15) is 0 Å². The molecule has 0 aliphatic heterocycles. The quantitative estimate of drug-likeness (QED) is 0.651. The molecule has 2 aliphatic rings. The molecule has 0 amide bonds. The highest BCUT2D eigenvalue weighted by atomic mass is 16.3. The van der Waals surface area contributed by atoms with Gasteiger partial charge in [-0.1, -0.05) is 0 Å². The van der Waals surface area contributed by atoms with Crippen molar-refractivity contribution in [2.24, 2.45) is 11.8 Å². The third-order valence-electron chi connectivity index (χ3n) is 3.71. The molecule has 3 atom stereocenters. The lowest BCUT2D eigenvalue weighted by atomic mass is 9.64. The second-order valence-electron chi connectivity index (χ2n) is 5.29. The number of hydrogen-bond donors (Lipinski definition) is 3. The molecular weight excluding hydrogens is 236 g/mol. The molecule has 0 saturated heterocycles. The summed E-state index contributed by atoms with van der Waals surface area (Å²) in [7, 11) is 0. The number of hydrogen-bond acceptors (Lipinski definition) is 5. The zero-order valence-electron chi connectivity index (χ0n) is 10.3. The molecule has 0 saturated carbocycles. The van der Waals surface area contributed by atoms with Gasteiger partial charge in [-0.15, -0.1) is 0 Å². The molecule has 0 aromatic carbocycles. The van der Waals surface area contributed by atoms with Crippen LogP contribution in [0.15, 0.2) is 23.2 Å². The van der Waals surface area contributed by atoms with Crippen LogP contribution in [0.4, 0.5) is 0 Å². The van der Waals surface area contributed by atoms with Crippen LogP contribution in [-0.2, 0) is 9.59 Å². The van der Waals surface area contributed by atoms with Gasteiger partial charge in [0.1, 0.15) is 17.3 Å². The van der Waals surface area contributed by atoms with Crippen LogP contribution in [0, 0.1) is 11.8 Å². The number of rotatable bonds is 1. The Morgan fingerprint density at radius 3 is 2.61 bits per heavy atom. The van der Waals surface area contributed by atoms with Gasteiger partial charge >= 0.3 is 0 Å². The first kappa shape index (κ1) is 12.8. The van der Waals surface area contributed by atoms with Crippen molar-refractivity contribution in [3.63, 3.8) is 0 Å². The molecular formula is C13H16O5. The lowest BCUT2D eigenvalue weighted by Crippen LogP contribution is -2.49. The lowest BCUT2D eigenvalue weighted by molar-refractivity contribution is -0.135. The zero-order chi connectivity index (χ0) is 13.7. The van der Waals surface area contributed by atoms with Gasteiger partial charge in [0, 0.05) is 30.4 Å². The van der Waals surface area contributed by atoms with E-state index in [0.29, 0.717) is 0 Å². The topological polar surface area (TPSA) is 94.8 Å². The van der Waals surface area contributed by atoms with Crippen molar-refractivity contribution in [2.75, 3.05) is 0 Å². The van der Waals surface area contributed by atoms with Crippen molar-refractivity contribution in [2.45, 2.75) is 32.3 Å². The molecule has 2 aliphatic carbocycles. The Labute approximate surface area is 104 Å². The van der Waals surface area contributed by atoms with Crippen LogP contribution in [0.1, 0.15) is 26.7 Å². The fourth-order valence-corrected chi connectivity index (χ4v) is 3.14. The number of Topliss-reactive ketones (excluding diaryl/α,β-unsaturated/α-hetero) is 1. The summed E-state index contributed by atoms with van der Waals surface area (Å²) in [5.41, 5.74) is -1.18. The van der Waals surface area contributed by atoms with Crippen LogP contribution in [-0.4, -0.2) is 32.5 Å². The number of allylic oxidation sites excluding steroid dienone is 2. The molecule has 0 aromatic heterocycles. The van der Waals surface area contributed by atoms with Gasteiger partial charge in [-0.25, -0.2) is 0 Å². The Morgan fingerprint density at radius 1 is 1.44 bits per heavy atom. The second kappa shape index (κ2) is 3.95. The minimum absolute atomic E-state index is 0.0177. The average molecular weight is 252 g/mol. The first-order valence-corrected chi connectivity index (χ1v) is 5.82. The highest BCUT2D eigenvalue weighted by Crippen LogP contribution is 2.46. The van der Waals surface area contributed by atoms with Gasteiger partial charge in [0.15, 0.2) is 5.78 Å². The molecule has 3 N–H and O–H groups in total. The summed E-state index contributed by atoms with van der Waals surface area (Å²) < 4.78 is 0. The van der Waals surface area contributed by atoms with Crippen LogP contribution in [0.2, 0.25) is 0 Å². The minimum Gasteiger partial charge on any atom is -0.512 e. The monoisotopic (exact) mass is 252 g/mol. The zero-order valence-corrected chi connectivity index (χ0v) is 10.3. The van der Waals surface area contributed by atoms with E-state index < -0.39 is 17.4 Å². The molecule has 1 unspecified atom stereocenters. The maximum atomic E-state index is 11.7. The van der Waals surface area contributed by atoms with Gasteiger partial charge < -0.3 is 15.3 Å². The third-order valence-corrected chi connectivity index (χ3v) is 3.71. The van der Waals surface area contributed by atoms with Crippen molar-refractivity contribution in [1.82, 2.24) is 0 Å². The summed E-state index contributed by atoms with van der Waals surface area (Å²) in [5.74, 6) is -2.44. The third kappa shape index (κ3) is 1.84. The van der Waals surface area contributed by atoms with Gasteiger partial charge in [-0.3, -0.25) is 9.59 Å². The van der Waals surface area contributed by atoms with Crippen LogP contribution in [0.5, 0.6) is 0 Å². The molecule has 0 fully saturated rings. The number of aliphatic hydroxyl groups excluding tert-OH is 2. The molecule has 0 aromatic rings. The van der Waals surface area contributed by atoms with E-state index in [4.69, 9.17) is 0 Å². The van der Waals surface area contributed by atoms with Crippen molar-refractivity contribution < 1.29 is 24.9 Å². The highest BCUT2D eigenvalue weighted by molar-refractivity contribution is 5.94. The summed E-state index contributed by atoms with van der Waals surface area (Å²) in [6, 6.07) is 0. The largest absolute Gasteiger partial charge is 0.512 e. The Kier molecular flexibility index (Phi) is 2.81. The van der Waals surface area contributed by atoms with E-state index in [1.807, 2.05) is 0 Å². The fourth-order valence-electron chi connectivity index (χ4n) is 3.14. The summed E-state index contributed by atoms with van der Waals surface area (Å²) in [6.45, 7) is 2.81. The van der Waals surface area contributed by atoms with Crippen molar-refractivity contribution in [3.05, 3.63) is 23.2 Å². The van der Waals surface area contributed by atoms with E-state index in [2.05, 4.69) is 0 Å². The summed E-state index contributed by atoms with van der Waals surface area (Å²) in [5, 5.41) is 29.9. The molecule has 0 spiro atoms. The smallest absolute Gasteiger partial charge is 0.160 e. The van der Waals surface area contributed by atoms with E-state index >= 15 is 0 Å². The first-order chi connectivity index (χ1) is 8.24. The number of carbonyl (C=O) groups is 2. The predicted octanol–water partition coefficient (Wildman–Crippen LogP) is 1.19. The number of carbonyl (C=O) groups excluding carboxylic acids is 2. The van der Waals surface area contributed by atoms with E-state index in [1.54, 1.807) is 0 Å². The number of ketones is 2. The Morgan fingerprint density at radius 2 is 2.06 bits per heavy atom. The Hall–Kier alpha value is -1.62. The molecule has 0 radical (unpaired) electrons. The number of fused-ring (bicyclic) bond motifs is 1. The summed E-state index contributed by atoms with van der Waals surface area (Å²) in [6.07, 6.45) is 0.971. The van der Waals surface area contributed by atoms with Crippen molar-refractivity contribution >= 4 is 11.6 Å². The molecule has 18 heavy (non-hydrogen) atoms. The Balaban J connectivity index is 2.58. The van der Waals surface area contributed by atoms with Crippen LogP contribution in [0.25, 0.3) is 0 Å². The molecule has 98 valence electrons. The van der Waals surface area contributed by atoms with E-state index in [-0.39, 0.29) is 41.5 Å². The van der Waals surface area contributed by atoms with Crippen LogP contribution < -0.4 is 0 Å². The molecule has 0 heterocycles. The van der Waals surface area contributed by atoms with E-state index in [1.165, 1.54) is 13.8 Å². The summed E-state index contributed by atoms with van der Waals surface area (Å²) in [4.78, 5) is 23.2. The standard InChI is InChI=1S/C13H16O5/c1-6(14)12-8-3-7(15)4-9(16)11(8)10(17)5-13(12,2)18/h4,8,12,16-18H,3,5H2,1-2H3/t8-,12-,13?/m0/s1. The summed E-state index contributed by atoms with van der Waals surface area (Å²) >= 11 is 0. The van der Waals surface area contributed by atoms with Gasteiger partial charge in [0.2, 0.25) is 0 Å². The lowest BCUT2D eigenvalue weighted by Gasteiger charge is -2.42. The second-order valence-corrected chi connectivity index (χ2v) is 5.29. The molecule has 5 nitrogen and oxygen atoms in total. The predicted molar refractivity (Wildman–Crippen MR) is 62.9 cm³/mol. The maximum absolute atomic E-state index is 11.7. The first-order valence-electron chi connectivity index (χ1n) is 5.82. The van der Waals surface area contributed by atoms with Gasteiger partial charge in [0.25, 0.3) is 0 Å². The Bertz CT molecular complexity index is 484. The average Bonchev–Trinajstić information content (AvgIpc) is 2.11. The fraction of sp³-hybridized carbons (Fsp3) is 0.538. The molecule has 0 bridgehead atoms.